The Morgan fingerprint density at radius 1 is 0.160 bits per heavy atom. The number of hydrogen-bond acceptors (Lipinski definition) is 2. The van der Waals surface area contributed by atoms with E-state index in [4.69, 9.17) is 9.97 Å². The summed E-state index contributed by atoms with van der Waals surface area (Å²) in [5.74, 6) is 0.683. The van der Waals surface area contributed by atoms with Crippen LogP contribution in [0, 0.1) is 0 Å². The molecule has 19 rings (SSSR count). The molecule has 6 nitrogen and oxygen atoms in total. The molecule has 0 atom stereocenters. The zero-order valence-electron chi connectivity index (χ0n) is 51.0. The van der Waals surface area contributed by atoms with Crippen LogP contribution in [0.2, 0.25) is 0 Å². The van der Waals surface area contributed by atoms with Crippen LogP contribution in [0.5, 0.6) is 0 Å². The van der Waals surface area contributed by atoms with Gasteiger partial charge in [-0.25, -0.2) is 9.97 Å². The Balaban J connectivity index is 0.621. The fraction of sp³-hybridized carbons (Fsp3) is 0. The van der Waals surface area contributed by atoms with Gasteiger partial charge < -0.3 is 18.3 Å². The van der Waals surface area contributed by atoms with E-state index in [9.17, 15) is 0 Å². The van der Waals surface area contributed by atoms with E-state index >= 15 is 0 Å². The minimum Gasteiger partial charge on any atom is -0.309 e. The van der Waals surface area contributed by atoms with E-state index in [-0.39, 0.29) is 0 Å². The Labute approximate surface area is 542 Å². The molecule has 19 aromatic rings. The molecule has 14 aromatic carbocycles. The summed E-state index contributed by atoms with van der Waals surface area (Å²) in [6, 6.07) is 123. The van der Waals surface area contributed by atoms with Gasteiger partial charge in [0.15, 0.2) is 5.82 Å². The van der Waals surface area contributed by atoms with Crippen molar-refractivity contribution in [3.63, 3.8) is 0 Å². The third-order valence-corrected chi connectivity index (χ3v) is 19.2. The molecule has 0 radical (unpaired) electrons. The number of nitrogens with zero attached hydrogens (tertiary/aromatic N) is 6. The first-order chi connectivity index (χ1) is 46.6. The van der Waals surface area contributed by atoms with Crippen molar-refractivity contribution in [2.75, 3.05) is 0 Å². The van der Waals surface area contributed by atoms with Crippen LogP contribution in [0.3, 0.4) is 0 Å². The number of rotatable bonds is 10. The summed E-state index contributed by atoms with van der Waals surface area (Å²) in [4.78, 5) is 10.5. The first-order valence-corrected chi connectivity index (χ1v) is 32.1. The van der Waals surface area contributed by atoms with Crippen LogP contribution in [-0.4, -0.2) is 28.2 Å². The highest BCUT2D eigenvalue weighted by Crippen LogP contribution is 2.42. The van der Waals surface area contributed by atoms with E-state index < -0.39 is 0 Å². The van der Waals surface area contributed by atoms with Gasteiger partial charge in [0.2, 0.25) is 0 Å². The summed E-state index contributed by atoms with van der Waals surface area (Å²) in [6.45, 7) is 0. The quantitative estimate of drug-likeness (QED) is 0.137. The number of aromatic nitrogens is 6. The second-order valence-corrected chi connectivity index (χ2v) is 24.5. The van der Waals surface area contributed by atoms with Crippen LogP contribution >= 0.6 is 0 Å². The van der Waals surface area contributed by atoms with Crippen LogP contribution in [-0.2, 0) is 0 Å². The van der Waals surface area contributed by atoms with Gasteiger partial charge >= 0.3 is 0 Å². The van der Waals surface area contributed by atoms with Crippen molar-refractivity contribution in [3.8, 4) is 90.0 Å². The zero-order valence-corrected chi connectivity index (χ0v) is 51.0. The number of hydrogen-bond donors (Lipinski definition) is 0. The predicted octanol–water partition coefficient (Wildman–Crippen LogP) is 22.9. The van der Waals surface area contributed by atoms with Gasteiger partial charge in [-0.1, -0.05) is 212 Å². The highest BCUT2D eigenvalue weighted by Gasteiger charge is 2.20. The van der Waals surface area contributed by atoms with Crippen LogP contribution in [0.25, 0.3) is 177 Å². The Morgan fingerprint density at radius 3 is 0.745 bits per heavy atom. The standard InChI is InChI=1S/C88H56N6/c1-4-18-61(19-5-1)88-89-78(56-79(90-88)60-38-46-69(47-39-60)94-83-31-17-13-27-73(83)77-55-65(43-51-87(77)94)63-41-49-85-75(53-63)71-25-11-15-29-81(71)92(85)67-22-8-3-9-23-67)59-34-32-57(33-35-59)58-36-44-68(45-37-58)93-82-30-16-12-26-72(82)76-54-64(42-50-86(76)93)62-40-48-84-74(52-62)70-24-10-14-28-80(70)91(84)66-20-6-2-7-21-66/h1-56H. The SMILES string of the molecule is c1ccc(-c2nc(-c3ccc(-c4ccc(-n5c6ccccc6c6cc(-c7ccc8c(c7)c7ccccc7n8-c7ccccc7)ccc65)cc4)cc3)cc(-c3ccc(-n4c5ccccc5c5cc(-c6ccc7c(c6)c6ccccc6n7-c6ccccc6)ccc54)cc3)n2)cc1. The third-order valence-electron chi connectivity index (χ3n) is 19.2. The van der Waals surface area contributed by atoms with Crippen LogP contribution in [0.1, 0.15) is 0 Å². The molecule has 0 N–H and O–H groups in total. The molecule has 0 aliphatic carbocycles. The van der Waals surface area contributed by atoms with E-state index in [0.29, 0.717) is 5.82 Å². The van der Waals surface area contributed by atoms with Gasteiger partial charge in [0.05, 0.1) is 55.5 Å². The molecule has 438 valence electrons. The van der Waals surface area contributed by atoms with Crippen LogP contribution in [0.15, 0.2) is 340 Å². The van der Waals surface area contributed by atoms with Gasteiger partial charge in [-0.15, -0.1) is 0 Å². The second kappa shape index (κ2) is 21.5. The molecule has 5 aromatic heterocycles. The molecular weight excluding hydrogens is 1140 g/mol. The number of benzene rings is 14. The normalized spacial score (nSPS) is 11.8. The lowest BCUT2D eigenvalue weighted by Gasteiger charge is -2.12. The van der Waals surface area contributed by atoms with E-state index in [2.05, 4.69) is 340 Å². The van der Waals surface area contributed by atoms with Crippen molar-refractivity contribution in [2.45, 2.75) is 0 Å². The Kier molecular flexibility index (Phi) is 12.2. The van der Waals surface area contributed by atoms with E-state index in [1.54, 1.807) is 0 Å². The monoisotopic (exact) mass is 1200 g/mol. The highest BCUT2D eigenvalue weighted by molar-refractivity contribution is 6.15. The average Bonchev–Trinajstić information content (AvgIpc) is 1.61. The summed E-state index contributed by atoms with van der Waals surface area (Å²) >= 11 is 0. The minimum absolute atomic E-state index is 0.683. The van der Waals surface area contributed by atoms with Gasteiger partial charge in [0.1, 0.15) is 0 Å². The lowest BCUT2D eigenvalue weighted by Crippen LogP contribution is -1.97. The van der Waals surface area contributed by atoms with Crippen LogP contribution in [0.4, 0.5) is 0 Å². The maximum Gasteiger partial charge on any atom is 0.160 e. The van der Waals surface area contributed by atoms with E-state index in [1.165, 1.54) is 98.4 Å². The molecule has 0 saturated heterocycles. The summed E-state index contributed by atoms with van der Waals surface area (Å²) in [5.41, 5.74) is 25.7. The molecule has 0 unspecified atom stereocenters. The van der Waals surface area contributed by atoms with Crippen molar-refractivity contribution in [3.05, 3.63) is 340 Å². The topological polar surface area (TPSA) is 45.5 Å². The van der Waals surface area contributed by atoms with Crippen molar-refractivity contribution in [1.82, 2.24) is 28.2 Å². The smallest absolute Gasteiger partial charge is 0.160 e. The van der Waals surface area contributed by atoms with Crippen molar-refractivity contribution in [2.24, 2.45) is 0 Å². The molecule has 0 aliphatic rings. The van der Waals surface area contributed by atoms with Gasteiger partial charge in [-0.2, -0.15) is 0 Å². The molecule has 5 heterocycles. The molecule has 0 aliphatic heterocycles. The molecular formula is C88H56N6. The van der Waals surface area contributed by atoms with Crippen molar-refractivity contribution >= 4 is 87.2 Å². The van der Waals surface area contributed by atoms with Gasteiger partial charge in [0.25, 0.3) is 0 Å². The largest absolute Gasteiger partial charge is 0.309 e. The van der Waals surface area contributed by atoms with Crippen molar-refractivity contribution < 1.29 is 0 Å². The maximum absolute atomic E-state index is 5.24. The molecule has 0 spiro atoms. The number of fused-ring (bicyclic) bond motifs is 12. The summed E-state index contributed by atoms with van der Waals surface area (Å²) < 4.78 is 9.53. The lowest BCUT2D eigenvalue weighted by molar-refractivity contribution is 1.17. The number of para-hydroxylation sites is 6. The molecule has 6 heteroatoms. The first kappa shape index (κ1) is 53.2. The lowest BCUT2D eigenvalue weighted by atomic mass is 10.0. The highest BCUT2D eigenvalue weighted by atomic mass is 15.0. The van der Waals surface area contributed by atoms with Gasteiger partial charge in [0, 0.05) is 82.5 Å². The molecule has 0 saturated carbocycles. The molecule has 0 amide bonds. The Bertz CT molecular complexity index is 6170. The zero-order chi connectivity index (χ0) is 61.8. The average molecular weight is 1200 g/mol. The Hall–Kier alpha value is -12.6. The van der Waals surface area contributed by atoms with Gasteiger partial charge in [-0.3, -0.25) is 0 Å². The molecule has 0 bridgehead atoms. The van der Waals surface area contributed by atoms with Gasteiger partial charge in [-0.05, 0) is 161 Å². The van der Waals surface area contributed by atoms with E-state index in [1.807, 2.05) is 18.2 Å². The fourth-order valence-corrected chi connectivity index (χ4v) is 14.8. The third kappa shape index (κ3) is 8.65. The predicted molar refractivity (Wildman–Crippen MR) is 392 cm³/mol. The molecule has 94 heavy (non-hydrogen) atoms. The first-order valence-electron chi connectivity index (χ1n) is 32.1. The molecule has 0 fully saturated rings. The summed E-state index contributed by atoms with van der Waals surface area (Å²) in [7, 11) is 0. The van der Waals surface area contributed by atoms with Crippen LogP contribution < -0.4 is 0 Å². The summed E-state index contributed by atoms with van der Waals surface area (Å²) in [5, 5.41) is 9.86. The Morgan fingerprint density at radius 2 is 0.404 bits per heavy atom. The van der Waals surface area contributed by atoms with E-state index in [0.717, 1.165) is 73.0 Å². The van der Waals surface area contributed by atoms with Crippen molar-refractivity contribution in [1.29, 1.82) is 0 Å². The minimum atomic E-state index is 0.683. The fourth-order valence-electron chi connectivity index (χ4n) is 14.8. The maximum atomic E-state index is 5.24. The second-order valence-electron chi connectivity index (χ2n) is 24.5. The summed E-state index contributed by atoms with van der Waals surface area (Å²) in [6.07, 6.45) is 0.